The molecule has 11 aromatic rings. The summed E-state index contributed by atoms with van der Waals surface area (Å²) in [7, 11) is 3.56. The van der Waals surface area contributed by atoms with Crippen molar-refractivity contribution in [1.29, 1.82) is 0 Å². The van der Waals surface area contributed by atoms with E-state index in [9.17, 15) is 0 Å². The van der Waals surface area contributed by atoms with Crippen LogP contribution >= 0.6 is 0 Å². The Balaban J connectivity index is 0.00000203. The van der Waals surface area contributed by atoms with E-state index >= 15 is 0 Å². The first-order valence-corrected chi connectivity index (χ1v) is 21.9. The van der Waals surface area contributed by atoms with E-state index in [4.69, 9.17) is 14.5 Å². The van der Waals surface area contributed by atoms with Gasteiger partial charge in [0.25, 0.3) is 0 Å². The molecule has 0 spiro atoms. The molecule has 6 heteroatoms. The molecule has 0 unspecified atom stereocenters. The van der Waals surface area contributed by atoms with Crippen LogP contribution in [0.3, 0.4) is 0 Å². The van der Waals surface area contributed by atoms with Crippen LogP contribution < -0.4 is 9.47 Å². The van der Waals surface area contributed by atoms with Crippen molar-refractivity contribution in [3.05, 3.63) is 213 Å². The van der Waals surface area contributed by atoms with Crippen LogP contribution in [0, 0.1) is 42.5 Å². The molecule has 0 amide bonds. The molecule has 0 saturated heterocycles. The molecule has 0 aliphatic heterocycles. The molecule has 0 atom stereocenters. The van der Waals surface area contributed by atoms with Crippen LogP contribution in [0.15, 0.2) is 176 Å². The van der Waals surface area contributed by atoms with Gasteiger partial charge in [0.2, 0.25) is 0 Å². The number of nitrogens with zero attached hydrogens (tertiary/aromatic N) is 3. The molecule has 0 N–H and O–H groups in total. The number of benzene rings is 8. The average molecular weight is 1040 g/mol. The van der Waals surface area contributed by atoms with Crippen LogP contribution in [0.4, 0.5) is 0 Å². The zero-order valence-electron chi connectivity index (χ0n) is 39.4. The molecule has 0 aliphatic rings. The molecule has 0 aliphatic carbocycles. The predicted molar refractivity (Wildman–Crippen MR) is 280 cm³/mol. The number of fused-ring (bicyclic) bond motifs is 6. The van der Waals surface area contributed by atoms with Crippen molar-refractivity contribution in [1.82, 2.24) is 14.1 Å². The Bertz CT molecular complexity index is 3310. The van der Waals surface area contributed by atoms with E-state index in [1.54, 1.807) is 14.2 Å². The van der Waals surface area contributed by atoms with Gasteiger partial charge in [-0.3, -0.25) is 0 Å². The molecule has 0 fully saturated rings. The first kappa shape index (κ1) is 46.5. The largest absolute Gasteiger partial charge is 0.494 e. The predicted octanol–water partition coefficient (Wildman–Crippen LogP) is 16.1. The van der Waals surface area contributed by atoms with Crippen molar-refractivity contribution in [2.45, 2.75) is 27.7 Å². The molecular weight excluding hydrogens is 985 g/mol. The van der Waals surface area contributed by atoms with Gasteiger partial charge in [-0.15, -0.1) is 0 Å². The Morgan fingerprint density at radius 1 is 0.343 bits per heavy atom. The Hall–Kier alpha value is -7.02. The summed E-state index contributed by atoms with van der Waals surface area (Å²) in [5.74, 6) is 1.62. The fraction of sp³-hybridized carbons (Fsp3) is 0.0984. The van der Waals surface area contributed by atoms with E-state index < -0.39 is 0 Å². The van der Waals surface area contributed by atoms with Crippen LogP contribution in [0.2, 0.25) is 0 Å². The molecule has 67 heavy (non-hydrogen) atoms. The summed E-state index contributed by atoms with van der Waals surface area (Å²) in [5, 5.41) is 4.84. The maximum atomic E-state index is 6.46. The first-order chi connectivity index (χ1) is 31.3. The van der Waals surface area contributed by atoms with Crippen molar-refractivity contribution in [3.8, 4) is 67.6 Å². The van der Waals surface area contributed by atoms with E-state index in [0.29, 0.717) is 0 Å². The van der Waals surface area contributed by atoms with Gasteiger partial charge in [0.05, 0.1) is 59.0 Å². The minimum absolute atomic E-state index is 0. The fourth-order valence-corrected chi connectivity index (χ4v) is 9.98. The Labute approximate surface area is 413 Å². The SMILES string of the molecule is COc1c(-c2ccc(C)cc2-c2cccc(-c3cc(C)ccc3-c3cc(C)cc(-n4c5ccccc5c5ccccc54)c3OC)n2)cc(C)cc1-n1c2ccccc2c2ccccc21.[CH3-].[CH3-].[Hf]. The summed E-state index contributed by atoms with van der Waals surface area (Å²) in [6, 6.07) is 63.1. The second-order valence-corrected chi connectivity index (χ2v) is 17.0. The van der Waals surface area contributed by atoms with Crippen molar-refractivity contribution >= 4 is 43.6 Å². The van der Waals surface area contributed by atoms with Gasteiger partial charge in [0.15, 0.2) is 11.5 Å². The van der Waals surface area contributed by atoms with Gasteiger partial charge >= 0.3 is 0 Å². The third-order valence-electron chi connectivity index (χ3n) is 12.7. The standard InChI is InChI=1S/C59H47N3O2.2CH3.Hf/c1-36-26-28-40(48-32-38(3)34-56(58(48)63-5)61-52-22-11-7-16-42(52)43-17-8-12-23-53(43)61)46(30-36)50-20-15-21-51(60-50)47-31-37(2)27-29-41(47)49-33-39(4)35-57(59(49)64-6)62-54-24-13-9-18-44(54)45-19-10-14-25-55(45)62;;;/h7-35H,1-6H3;2*1H3;/q;2*-1;. The average Bonchev–Trinajstić information content (AvgIpc) is 3.84. The molecule has 0 bridgehead atoms. The van der Waals surface area contributed by atoms with Crippen LogP contribution in [-0.2, 0) is 25.8 Å². The molecule has 3 aromatic heterocycles. The summed E-state index contributed by atoms with van der Waals surface area (Å²) in [6.45, 7) is 8.62. The maximum absolute atomic E-state index is 6.46. The molecule has 8 aromatic carbocycles. The summed E-state index contributed by atoms with van der Waals surface area (Å²) in [5.41, 5.74) is 19.1. The van der Waals surface area contributed by atoms with Crippen molar-refractivity contribution in [2.75, 3.05) is 14.2 Å². The topological polar surface area (TPSA) is 41.2 Å². The second-order valence-electron chi connectivity index (χ2n) is 17.0. The monoisotopic (exact) mass is 1040 g/mol. The molecular formula is C61H53HfN3O2-2. The molecule has 0 radical (unpaired) electrons. The number of para-hydroxylation sites is 4. The van der Waals surface area contributed by atoms with Gasteiger partial charge in [0, 0.05) is 69.6 Å². The van der Waals surface area contributed by atoms with E-state index in [1.165, 1.54) is 21.5 Å². The number of pyridine rings is 1. The molecule has 3 heterocycles. The quantitative estimate of drug-likeness (QED) is 0.112. The molecule has 11 rings (SSSR count). The number of methoxy groups -OCH3 is 2. The van der Waals surface area contributed by atoms with Crippen molar-refractivity contribution in [3.63, 3.8) is 0 Å². The number of aromatic nitrogens is 3. The minimum atomic E-state index is 0. The zero-order valence-corrected chi connectivity index (χ0v) is 43.0. The van der Waals surface area contributed by atoms with Gasteiger partial charge in [-0.05, 0) is 123 Å². The van der Waals surface area contributed by atoms with Crippen LogP contribution in [-0.4, -0.2) is 28.3 Å². The Morgan fingerprint density at radius 3 is 1.01 bits per heavy atom. The van der Waals surface area contributed by atoms with Gasteiger partial charge in [0.1, 0.15) is 0 Å². The van der Waals surface area contributed by atoms with E-state index in [-0.39, 0.29) is 40.7 Å². The Kier molecular flexibility index (Phi) is 13.0. The number of hydrogen-bond donors (Lipinski definition) is 0. The summed E-state index contributed by atoms with van der Waals surface area (Å²) in [4.78, 5) is 5.54. The van der Waals surface area contributed by atoms with E-state index in [0.717, 1.165) is 112 Å². The molecule has 330 valence electrons. The van der Waals surface area contributed by atoms with Crippen molar-refractivity contribution in [2.24, 2.45) is 0 Å². The van der Waals surface area contributed by atoms with Crippen LogP contribution in [0.25, 0.3) is 99.8 Å². The summed E-state index contributed by atoms with van der Waals surface area (Å²) >= 11 is 0. The third kappa shape index (κ3) is 7.77. The first-order valence-electron chi connectivity index (χ1n) is 21.9. The van der Waals surface area contributed by atoms with Crippen LogP contribution in [0.5, 0.6) is 11.5 Å². The minimum Gasteiger partial charge on any atom is -0.494 e. The fourth-order valence-electron chi connectivity index (χ4n) is 9.98. The number of aryl methyl sites for hydroxylation is 4. The second kappa shape index (κ2) is 18.7. The van der Waals surface area contributed by atoms with E-state index in [2.05, 4.69) is 213 Å². The normalized spacial score (nSPS) is 11.1. The Morgan fingerprint density at radius 2 is 0.672 bits per heavy atom. The van der Waals surface area contributed by atoms with Gasteiger partial charge in [-0.1, -0.05) is 114 Å². The molecule has 0 saturated carbocycles. The summed E-state index contributed by atoms with van der Waals surface area (Å²) < 4.78 is 17.6. The number of ether oxygens (including phenoxy) is 2. The zero-order chi connectivity index (χ0) is 43.6. The van der Waals surface area contributed by atoms with Gasteiger partial charge in [-0.25, -0.2) is 4.98 Å². The maximum Gasteiger partial charge on any atom is 0.150 e. The van der Waals surface area contributed by atoms with Gasteiger partial charge in [-0.2, -0.15) is 0 Å². The molecule has 5 nitrogen and oxygen atoms in total. The van der Waals surface area contributed by atoms with Crippen molar-refractivity contribution < 1.29 is 35.3 Å². The van der Waals surface area contributed by atoms with E-state index in [1.807, 2.05) is 0 Å². The summed E-state index contributed by atoms with van der Waals surface area (Å²) in [6.07, 6.45) is 0. The smallest absolute Gasteiger partial charge is 0.150 e. The number of hydrogen-bond acceptors (Lipinski definition) is 3. The number of rotatable bonds is 8. The van der Waals surface area contributed by atoms with Gasteiger partial charge < -0.3 is 33.5 Å². The van der Waals surface area contributed by atoms with Crippen LogP contribution in [0.1, 0.15) is 22.3 Å². The third-order valence-corrected chi connectivity index (χ3v) is 12.7.